The molecule has 0 spiro atoms. The Balaban J connectivity index is 1.17. The summed E-state index contributed by atoms with van der Waals surface area (Å²) in [7, 11) is 3.38. The Morgan fingerprint density at radius 2 is 1.03 bits per heavy atom. The monoisotopic (exact) mass is 811 g/mol. The summed E-state index contributed by atoms with van der Waals surface area (Å²) in [6.45, 7) is 7.67. The number of hydrogen-bond donors (Lipinski definition) is 0. The van der Waals surface area contributed by atoms with Crippen molar-refractivity contribution in [1.82, 2.24) is 14.5 Å². The van der Waals surface area contributed by atoms with E-state index in [4.69, 9.17) is 19.4 Å². The Hall–Kier alpha value is -5.76. The molecule has 0 atom stereocenters. The number of rotatable bonds is 14. The molecule has 0 saturated carbocycles. The first kappa shape index (κ1) is 38.7. The van der Waals surface area contributed by atoms with E-state index in [1.807, 2.05) is 35.6 Å². The average molecular weight is 812 g/mol. The summed E-state index contributed by atoms with van der Waals surface area (Å²) in [6.07, 6.45) is 7.71. The van der Waals surface area contributed by atoms with Gasteiger partial charge in [0.25, 0.3) is 0 Å². The van der Waals surface area contributed by atoms with Crippen molar-refractivity contribution in [1.29, 1.82) is 0 Å². The summed E-state index contributed by atoms with van der Waals surface area (Å²) >= 11 is 3.60. The zero-order chi connectivity index (χ0) is 40.5. The predicted molar refractivity (Wildman–Crippen MR) is 251 cm³/mol. The van der Waals surface area contributed by atoms with Crippen LogP contribution in [0.15, 0.2) is 121 Å². The van der Waals surface area contributed by atoms with Gasteiger partial charge < -0.3 is 14.0 Å². The molecule has 0 saturated heterocycles. The van der Waals surface area contributed by atoms with E-state index in [0.717, 1.165) is 67.6 Å². The molecule has 7 heteroatoms. The van der Waals surface area contributed by atoms with Gasteiger partial charge in [-0.3, -0.25) is 0 Å². The molecule has 0 aliphatic rings. The standard InChI is InChI=1S/C52H49N3O2S2/c1-6-7-8-9-10-11-30-55-44-31-33(2)12-23-40(44)41-24-18-37(32-45(41)55)46-28-29-48(59-46)43-26-25-42(47-27-13-34(3)58-47)51-52(43)54-50(36-16-21-39(57-5)22-17-36)49(53-51)35-14-19-38(56-4)20-15-35/h12-29,31-32H,6-11,30H2,1-5H3. The summed E-state index contributed by atoms with van der Waals surface area (Å²) in [5.41, 5.74) is 12.7. The van der Waals surface area contributed by atoms with E-state index in [2.05, 4.69) is 122 Å². The molecule has 0 fully saturated rings. The second-order valence-electron chi connectivity index (χ2n) is 15.5. The molecule has 0 N–H and O–H groups in total. The molecule has 9 aromatic rings. The lowest BCUT2D eigenvalue weighted by Gasteiger charge is -2.15. The van der Waals surface area contributed by atoms with Crippen LogP contribution in [-0.4, -0.2) is 28.8 Å². The maximum atomic E-state index is 5.58. The molecule has 4 aromatic heterocycles. The number of unbranched alkanes of at least 4 members (excludes halogenated alkanes) is 5. The molecule has 0 unspecified atom stereocenters. The van der Waals surface area contributed by atoms with Crippen molar-refractivity contribution in [3.63, 3.8) is 0 Å². The van der Waals surface area contributed by atoms with Crippen molar-refractivity contribution in [3.05, 3.63) is 132 Å². The van der Waals surface area contributed by atoms with Gasteiger partial charge in [-0.05, 0) is 116 Å². The molecule has 4 heterocycles. The quantitative estimate of drug-likeness (QED) is 0.103. The fourth-order valence-electron chi connectivity index (χ4n) is 8.30. The third kappa shape index (κ3) is 7.66. The molecule has 0 bridgehead atoms. The van der Waals surface area contributed by atoms with Crippen molar-refractivity contribution < 1.29 is 9.47 Å². The van der Waals surface area contributed by atoms with Crippen molar-refractivity contribution in [2.24, 2.45) is 0 Å². The molecular formula is C52H49N3O2S2. The maximum Gasteiger partial charge on any atom is 0.118 e. The van der Waals surface area contributed by atoms with Gasteiger partial charge in [0, 0.05) is 70.1 Å². The summed E-state index contributed by atoms with van der Waals surface area (Å²) in [6, 6.07) is 43.6. The van der Waals surface area contributed by atoms with Crippen LogP contribution in [0.3, 0.4) is 0 Å². The smallest absolute Gasteiger partial charge is 0.118 e. The fourth-order valence-corrected chi connectivity index (χ4v) is 10.2. The van der Waals surface area contributed by atoms with Gasteiger partial charge in [0.2, 0.25) is 0 Å². The van der Waals surface area contributed by atoms with Gasteiger partial charge in [-0.2, -0.15) is 0 Å². The minimum atomic E-state index is 0.798. The highest BCUT2D eigenvalue weighted by Crippen LogP contribution is 2.44. The second-order valence-corrected chi connectivity index (χ2v) is 17.9. The fraction of sp³-hybridized carbons (Fsp3) is 0.231. The first-order valence-electron chi connectivity index (χ1n) is 20.8. The number of hydrogen-bond acceptors (Lipinski definition) is 6. The van der Waals surface area contributed by atoms with E-state index in [9.17, 15) is 0 Å². The lowest BCUT2D eigenvalue weighted by Crippen LogP contribution is -1.98. The Morgan fingerprint density at radius 1 is 0.508 bits per heavy atom. The number of nitrogens with zero attached hydrogens (tertiary/aromatic N) is 3. The molecule has 296 valence electrons. The lowest BCUT2D eigenvalue weighted by molar-refractivity contribution is 0.414. The normalized spacial score (nSPS) is 11.6. The first-order valence-corrected chi connectivity index (χ1v) is 22.4. The number of methoxy groups -OCH3 is 2. The van der Waals surface area contributed by atoms with Gasteiger partial charge in [0.15, 0.2) is 0 Å². The van der Waals surface area contributed by atoms with Crippen LogP contribution in [0, 0.1) is 13.8 Å². The largest absolute Gasteiger partial charge is 0.497 e. The highest BCUT2D eigenvalue weighted by molar-refractivity contribution is 7.19. The van der Waals surface area contributed by atoms with E-state index < -0.39 is 0 Å². The van der Waals surface area contributed by atoms with Gasteiger partial charge >= 0.3 is 0 Å². The first-order chi connectivity index (χ1) is 28.9. The Kier molecular flexibility index (Phi) is 11.1. The summed E-state index contributed by atoms with van der Waals surface area (Å²) < 4.78 is 13.6. The molecule has 5 nitrogen and oxygen atoms in total. The Labute approximate surface area is 355 Å². The van der Waals surface area contributed by atoms with Crippen LogP contribution >= 0.6 is 22.7 Å². The lowest BCUT2D eigenvalue weighted by atomic mass is 10.0. The van der Waals surface area contributed by atoms with E-state index in [0.29, 0.717) is 0 Å². The summed E-state index contributed by atoms with van der Waals surface area (Å²) in [5.74, 6) is 1.60. The Bertz CT molecular complexity index is 2920. The predicted octanol–water partition coefficient (Wildman–Crippen LogP) is 15.2. The van der Waals surface area contributed by atoms with E-state index in [1.165, 1.54) is 86.1 Å². The number of fused-ring (bicyclic) bond motifs is 4. The van der Waals surface area contributed by atoms with Gasteiger partial charge in [0.05, 0.1) is 36.6 Å². The zero-order valence-corrected chi connectivity index (χ0v) is 36.1. The highest BCUT2D eigenvalue weighted by atomic mass is 32.1. The number of aryl methyl sites for hydroxylation is 3. The summed E-state index contributed by atoms with van der Waals surface area (Å²) in [5, 5.41) is 2.66. The van der Waals surface area contributed by atoms with Crippen LogP contribution in [0.2, 0.25) is 0 Å². The minimum Gasteiger partial charge on any atom is -0.497 e. The second kappa shape index (κ2) is 16.8. The van der Waals surface area contributed by atoms with Crippen LogP contribution in [0.25, 0.3) is 86.7 Å². The van der Waals surface area contributed by atoms with E-state index >= 15 is 0 Å². The van der Waals surface area contributed by atoms with E-state index in [-0.39, 0.29) is 0 Å². The van der Waals surface area contributed by atoms with Crippen LogP contribution in [0.5, 0.6) is 11.5 Å². The van der Waals surface area contributed by atoms with Crippen molar-refractivity contribution >= 4 is 55.5 Å². The van der Waals surface area contributed by atoms with Crippen molar-refractivity contribution in [3.8, 4) is 65.3 Å². The van der Waals surface area contributed by atoms with Crippen LogP contribution in [-0.2, 0) is 6.54 Å². The number of aromatic nitrogens is 3. The Morgan fingerprint density at radius 3 is 1.63 bits per heavy atom. The molecule has 5 aromatic carbocycles. The van der Waals surface area contributed by atoms with Gasteiger partial charge in [0.1, 0.15) is 11.5 Å². The van der Waals surface area contributed by atoms with Crippen LogP contribution < -0.4 is 9.47 Å². The van der Waals surface area contributed by atoms with Crippen LogP contribution in [0.4, 0.5) is 0 Å². The zero-order valence-electron chi connectivity index (χ0n) is 34.5. The third-order valence-corrected chi connectivity index (χ3v) is 13.7. The van der Waals surface area contributed by atoms with Gasteiger partial charge in [-0.25, -0.2) is 9.97 Å². The topological polar surface area (TPSA) is 49.2 Å². The van der Waals surface area contributed by atoms with Gasteiger partial charge in [-0.1, -0.05) is 75.4 Å². The average Bonchev–Trinajstić information content (AvgIpc) is 4.01. The maximum absolute atomic E-state index is 5.58. The molecular weight excluding hydrogens is 763 g/mol. The molecule has 0 radical (unpaired) electrons. The summed E-state index contributed by atoms with van der Waals surface area (Å²) in [4.78, 5) is 16.0. The van der Waals surface area contributed by atoms with E-state index in [1.54, 1.807) is 25.6 Å². The molecule has 0 amide bonds. The van der Waals surface area contributed by atoms with Gasteiger partial charge in [-0.15, -0.1) is 22.7 Å². The van der Waals surface area contributed by atoms with Crippen LogP contribution in [0.1, 0.15) is 55.9 Å². The molecule has 0 aliphatic heterocycles. The number of benzene rings is 5. The molecule has 0 aliphatic carbocycles. The third-order valence-electron chi connectivity index (χ3n) is 11.5. The highest BCUT2D eigenvalue weighted by Gasteiger charge is 2.21. The number of thiophene rings is 2. The SMILES string of the molecule is CCCCCCCCn1c2cc(C)ccc2c2ccc(-c3ccc(-c4ccc(-c5ccc(C)s5)c5nc(-c6ccc(OC)cc6)c(-c6ccc(OC)cc6)nc45)s3)cc21. The van der Waals surface area contributed by atoms with Crippen molar-refractivity contribution in [2.75, 3.05) is 14.2 Å². The number of ether oxygens (including phenoxy) is 2. The minimum absolute atomic E-state index is 0.798. The molecule has 59 heavy (non-hydrogen) atoms. The van der Waals surface area contributed by atoms with Crippen molar-refractivity contribution in [2.45, 2.75) is 65.8 Å². The molecule has 9 rings (SSSR count).